The molecule has 0 radical (unpaired) electrons. The highest BCUT2D eigenvalue weighted by Crippen LogP contribution is 2.41. The van der Waals surface area contributed by atoms with Gasteiger partial charge < -0.3 is 15.2 Å². The summed E-state index contributed by atoms with van der Waals surface area (Å²) in [7, 11) is 0. The molecule has 0 aromatic heterocycles. The van der Waals surface area contributed by atoms with Crippen LogP contribution in [0.4, 0.5) is 4.39 Å². The van der Waals surface area contributed by atoms with Crippen molar-refractivity contribution in [3.63, 3.8) is 0 Å². The van der Waals surface area contributed by atoms with E-state index in [2.05, 4.69) is 54.7 Å². The zero-order chi connectivity index (χ0) is 25.1. The molecule has 5 heteroatoms. The Balaban J connectivity index is 1.25. The third kappa shape index (κ3) is 4.98. The zero-order valence-electron chi connectivity index (χ0n) is 20.3. The molecule has 2 N–H and O–H groups in total. The maximum absolute atomic E-state index is 14.0. The third-order valence-electron chi connectivity index (χ3n) is 7.15. The Labute approximate surface area is 210 Å². The van der Waals surface area contributed by atoms with Gasteiger partial charge in [-0.1, -0.05) is 66.7 Å². The molecule has 1 aliphatic rings. The SMILES string of the molecule is CC(NCCCC1CC(c2ccc(F)c(C(=O)O)c2)c2ccccc2O1)c1cccc2ccccc12. The zero-order valence-corrected chi connectivity index (χ0v) is 20.3. The van der Waals surface area contributed by atoms with Crippen LogP contribution in [-0.4, -0.2) is 23.7 Å². The molecule has 36 heavy (non-hydrogen) atoms. The molecule has 4 nitrogen and oxygen atoms in total. The summed E-state index contributed by atoms with van der Waals surface area (Å²) in [5.74, 6) is -1.19. The van der Waals surface area contributed by atoms with E-state index in [4.69, 9.17) is 4.74 Å². The van der Waals surface area contributed by atoms with Gasteiger partial charge in [0.2, 0.25) is 0 Å². The van der Waals surface area contributed by atoms with E-state index in [1.165, 1.54) is 28.5 Å². The fourth-order valence-electron chi connectivity index (χ4n) is 5.30. The minimum atomic E-state index is -1.25. The first-order chi connectivity index (χ1) is 17.5. The lowest BCUT2D eigenvalue weighted by atomic mass is 9.82. The van der Waals surface area contributed by atoms with Crippen molar-refractivity contribution in [2.45, 2.75) is 44.2 Å². The summed E-state index contributed by atoms with van der Waals surface area (Å²) in [6, 6.07) is 27.4. The first-order valence-electron chi connectivity index (χ1n) is 12.5. The molecule has 0 saturated heterocycles. The summed E-state index contributed by atoms with van der Waals surface area (Å²) in [4.78, 5) is 11.5. The number of rotatable bonds is 8. The minimum absolute atomic E-state index is 0.00195. The van der Waals surface area contributed by atoms with Crippen molar-refractivity contribution in [2.75, 3.05) is 6.54 Å². The van der Waals surface area contributed by atoms with E-state index in [1.807, 2.05) is 24.3 Å². The van der Waals surface area contributed by atoms with Crippen LogP contribution < -0.4 is 10.1 Å². The molecule has 0 spiro atoms. The van der Waals surface area contributed by atoms with E-state index in [-0.39, 0.29) is 23.6 Å². The second-order valence-electron chi connectivity index (χ2n) is 9.50. The predicted molar refractivity (Wildman–Crippen MR) is 140 cm³/mol. The lowest BCUT2D eigenvalue weighted by Crippen LogP contribution is -2.28. The highest BCUT2D eigenvalue weighted by atomic mass is 19.1. The van der Waals surface area contributed by atoms with Gasteiger partial charge in [-0.3, -0.25) is 0 Å². The standard InChI is InChI=1S/C31H30FNO3/c1-20(24-13-6-9-21-8-2-3-11-25(21)24)33-17-7-10-23-19-27(26-12-4-5-14-30(26)36-23)22-15-16-29(32)28(18-22)31(34)35/h2-6,8-9,11-16,18,20,23,27,33H,7,10,17,19H2,1H3,(H,34,35). The summed E-state index contributed by atoms with van der Waals surface area (Å²) in [5, 5.41) is 15.6. The molecule has 0 fully saturated rings. The maximum Gasteiger partial charge on any atom is 0.338 e. The van der Waals surface area contributed by atoms with Crippen LogP contribution in [0, 0.1) is 5.82 Å². The van der Waals surface area contributed by atoms with Gasteiger partial charge >= 0.3 is 5.97 Å². The lowest BCUT2D eigenvalue weighted by molar-refractivity contribution is 0.0691. The van der Waals surface area contributed by atoms with Crippen LogP contribution in [0.15, 0.2) is 84.9 Å². The van der Waals surface area contributed by atoms with E-state index in [9.17, 15) is 14.3 Å². The molecule has 1 aliphatic heterocycles. The average Bonchev–Trinajstić information content (AvgIpc) is 2.90. The largest absolute Gasteiger partial charge is 0.490 e. The van der Waals surface area contributed by atoms with Gasteiger partial charge in [0.15, 0.2) is 0 Å². The average molecular weight is 484 g/mol. The number of halogens is 1. The van der Waals surface area contributed by atoms with Crippen LogP contribution in [0.5, 0.6) is 5.75 Å². The van der Waals surface area contributed by atoms with Crippen LogP contribution in [0.2, 0.25) is 0 Å². The molecule has 184 valence electrons. The Hall–Kier alpha value is -3.70. The van der Waals surface area contributed by atoms with Crippen LogP contribution in [0.3, 0.4) is 0 Å². The molecule has 4 aromatic rings. The van der Waals surface area contributed by atoms with Gasteiger partial charge in [-0.15, -0.1) is 0 Å². The molecular formula is C31H30FNO3. The number of hydrogen-bond donors (Lipinski definition) is 2. The van der Waals surface area contributed by atoms with Crippen LogP contribution in [0.25, 0.3) is 10.8 Å². The van der Waals surface area contributed by atoms with E-state index < -0.39 is 11.8 Å². The Morgan fingerprint density at radius 3 is 2.69 bits per heavy atom. The molecule has 3 unspecified atom stereocenters. The van der Waals surface area contributed by atoms with Crippen LogP contribution in [-0.2, 0) is 0 Å². The van der Waals surface area contributed by atoms with Crippen molar-refractivity contribution >= 4 is 16.7 Å². The Morgan fingerprint density at radius 2 is 1.83 bits per heavy atom. The van der Waals surface area contributed by atoms with Gasteiger partial charge in [-0.25, -0.2) is 9.18 Å². The first-order valence-corrected chi connectivity index (χ1v) is 12.5. The first kappa shape index (κ1) is 24.0. The van der Waals surface area contributed by atoms with Gasteiger partial charge in [-0.2, -0.15) is 0 Å². The lowest BCUT2D eigenvalue weighted by Gasteiger charge is -2.33. The number of carboxylic acids is 1. The number of para-hydroxylation sites is 1. The Bertz CT molecular complexity index is 1380. The summed E-state index contributed by atoms with van der Waals surface area (Å²) in [5.41, 5.74) is 2.82. The highest BCUT2D eigenvalue weighted by Gasteiger charge is 2.30. The summed E-state index contributed by atoms with van der Waals surface area (Å²) < 4.78 is 20.3. The fraction of sp³-hybridized carbons (Fsp3) is 0.258. The number of hydrogen-bond acceptors (Lipinski definition) is 3. The second kappa shape index (κ2) is 10.5. The van der Waals surface area contributed by atoms with Gasteiger partial charge in [0.25, 0.3) is 0 Å². The number of fused-ring (bicyclic) bond motifs is 2. The fourth-order valence-corrected chi connectivity index (χ4v) is 5.30. The van der Waals surface area contributed by atoms with Crippen molar-refractivity contribution in [1.29, 1.82) is 0 Å². The molecule has 0 aliphatic carbocycles. The molecule has 0 bridgehead atoms. The number of aromatic carboxylic acids is 1. The number of carbonyl (C=O) groups is 1. The van der Waals surface area contributed by atoms with Crippen LogP contribution >= 0.6 is 0 Å². The van der Waals surface area contributed by atoms with Gasteiger partial charge in [0.1, 0.15) is 11.6 Å². The molecule has 1 heterocycles. The summed E-state index contributed by atoms with van der Waals surface area (Å²) >= 11 is 0. The number of nitrogens with one attached hydrogen (secondary N) is 1. The number of ether oxygens (including phenoxy) is 1. The normalized spacial score (nSPS) is 17.8. The predicted octanol–water partition coefficient (Wildman–Crippen LogP) is 7.09. The van der Waals surface area contributed by atoms with Crippen molar-refractivity contribution in [3.8, 4) is 5.75 Å². The van der Waals surface area contributed by atoms with E-state index >= 15 is 0 Å². The second-order valence-corrected chi connectivity index (χ2v) is 9.50. The highest BCUT2D eigenvalue weighted by molar-refractivity contribution is 5.88. The van der Waals surface area contributed by atoms with E-state index in [0.717, 1.165) is 42.7 Å². The van der Waals surface area contributed by atoms with Crippen molar-refractivity contribution in [2.24, 2.45) is 0 Å². The Kier molecular flexibility index (Phi) is 7.01. The van der Waals surface area contributed by atoms with Crippen LogP contribution in [0.1, 0.15) is 65.2 Å². The number of benzene rings is 4. The monoisotopic (exact) mass is 483 g/mol. The summed E-state index contributed by atoms with van der Waals surface area (Å²) in [6.45, 7) is 3.05. The molecule has 5 rings (SSSR count). The molecule has 0 saturated carbocycles. The van der Waals surface area contributed by atoms with Crippen molar-refractivity contribution in [3.05, 3.63) is 113 Å². The van der Waals surface area contributed by atoms with E-state index in [0.29, 0.717) is 0 Å². The molecular weight excluding hydrogens is 453 g/mol. The topological polar surface area (TPSA) is 58.6 Å². The van der Waals surface area contributed by atoms with Crippen molar-refractivity contribution in [1.82, 2.24) is 5.32 Å². The summed E-state index contributed by atoms with van der Waals surface area (Å²) in [6.07, 6.45) is 2.53. The minimum Gasteiger partial charge on any atom is -0.490 e. The van der Waals surface area contributed by atoms with Gasteiger partial charge in [0, 0.05) is 17.5 Å². The number of carboxylic acid groups (broad SMARTS) is 1. The van der Waals surface area contributed by atoms with E-state index in [1.54, 1.807) is 6.07 Å². The maximum atomic E-state index is 14.0. The Morgan fingerprint density at radius 1 is 1.06 bits per heavy atom. The quantitative estimate of drug-likeness (QED) is 0.263. The van der Waals surface area contributed by atoms with Gasteiger partial charge in [-0.05, 0) is 72.8 Å². The third-order valence-corrected chi connectivity index (χ3v) is 7.15. The molecule has 0 amide bonds. The van der Waals surface area contributed by atoms with Crippen molar-refractivity contribution < 1.29 is 19.0 Å². The molecule has 3 atom stereocenters. The molecule has 4 aromatic carbocycles. The van der Waals surface area contributed by atoms with Gasteiger partial charge in [0.05, 0.1) is 11.7 Å². The smallest absolute Gasteiger partial charge is 0.338 e.